The number of nitrogens with one attached hydrogen (secondary N) is 3. The average molecular weight is 637 g/mol. The van der Waals surface area contributed by atoms with Crippen LogP contribution in [0.2, 0.25) is 0 Å². The van der Waals surface area contributed by atoms with Gasteiger partial charge in [-0.15, -0.1) is 0 Å². The van der Waals surface area contributed by atoms with Gasteiger partial charge in [-0.25, -0.2) is 0 Å². The zero-order valence-corrected chi connectivity index (χ0v) is 25.2. The number of amidine groups is 1. The van der Waals surface area contributed by atoms with Crippen molar-refractivity contribution in [2.24, 2.45) is 23.1 Å². The zero-order valence-electron chi connectivity index (χ0n) is 25.2. The van der Waals surface area contributed by atoms with Gasteiger partial charge in [0.1, 0.15) is 48.6 Å². The lowest BCUT2D eigenvalue weighted by atomic mass is 9.82. The average Bonchev–Trinajstić information content (AvgIpc) is 2.99. The van der Waals surface area contributed by atoms with Crippen molar-refractivity contribution in [3.63, 3.8) is 0 Å². The van der Waals surface area contributed by atoms with E-state index in [1.54, 1.807) is 6.92 Å². The van der Waals surface area contributed by atoms with E-state index >= 15 is 0 Å². The molecule has 1 saturated carbocycles. The van der Waals surface area contributed by atoms with Crippen LogP contribution in [0.3, 0.4) is 0 Å². The lowest BCUT2D eigenvalue weighted by Crippen LogP contribution is -2.68. The van der Waals surface area contributed by atoms with E-state index in [1.807, 2.05) is 0 Å². The van der Waals surface area contributed by atoms with Crippen molar-refractivity contribution in [1.82, 2.24) is 5.32 Å². The summed E-state index contributed by atoms with van der Waals surface area (Å²) in [5.74, 6) is -1.32. The first kappa shape index (κ1) is 37.0. The monoisotopic (exact) mass is 636 g/mol. The van der Waals surface area contributed by atoms with E-state index in [4.69, 9.17) is 52.1 Å². The summed E-state index contributed by atoms with van der Waals surface area (Å²) < 4.78 is 23.9. The first-order chi connectivity index (χ1) is 20.6. The number of nitrogens with two attached hydrogens (primary N) is 3. The Morgan fingerprint density at radius 1 is 1.05 bits per heavy atom. The molecule has 0 aromatic rings. The van der Waals surface area contributed by atoms with Crippen molar-refractivity contribution in [1.29, 1.82) is 10.8 Å². The van der Waals surface area contributed by atoms with Crippen LogP contribution in [0, 0.1) is 16.7 Å². The lowest BCUT2D eigenvalue weighted by molar-refractivity contribution is -0.313. The maximum Gasteiger partial charge on any atom is 0.184 e. The summed E-state index contributed by atoms with van der Waals surface area (Å²) in [7, 11) is 0. The van der Waals surface area contributed by atoms with Gasteiger partial charge in [0.05, 0.1) is 37.0 Å². The van der Waals surface area contributed by atoms with Gasteiger partial charge in [0.2, 0.25) is 0 Å². The van der Waals surface area contributed by atoms with Crippen LogP contribution in [-0.2, 0) is 18.9 Å². The molecule has 1 aliphatic carbocycles. The third-order valence-corrected chi connectivity index (χ3v) is 8.97. The molecule has 256 valence electrons. The molecule has 0 aromatic heterocycles. The van der Waals surface area contributed by atoms with Crippen molar-refractivity contribution in [2.75, 3.05) is 19.8 Å². The highest BCUT2D eigenvalue weighted by Crippen LogP contribution is 2.34. The molecule has 0 aromatic carbocycles. The van der Waals surface area contributed by atoms with E-state index in [0.717, 1.165) is 0 Å². The molecule has 9 unspecified atom stereocenters. The molecule has 3 rings (SSSR count). The van der Waals surface area contributed by atoms with Gasteiger partial charge in [-0.2, -0.15) is 0 Å². The summed E-state index contributed by atoms with van der Waals surface area (Å²) in [6.45, 7) is 2.24. The third-order valence-electron chi connectivity index (χ3n) is 8.97. The highest BCUT2D eigenvalue weighted by Gasteiger charge is 2.51. The molecule has 0 amide bonds. The maximum absolute atomic E-state index is 11.6. The Labute approximate surface area is 256 Å². The van der Waals surface area contributed by atoms with E-state index in [2.05, 4.69) is 5.32 Å². The second-order valence-corrected chi connectivity index (χ2v) is 12.5. The largest absolute Gasteiger partial charge is 0.394 e. The van der Waals surface area contributed by atoms with Gasteiger partial charge in [-0.05, 0) is 39.0 Å². The van der Waals surface area contributed by atoms with Crippen LogP contribution in [-0.4, -0.2) is 152 Å². The molecule has 17 nitrogen and oxygen atoms in total. The summed E-state index contributed by atoms with van der Waals surface area (Å²) in [4.78, 5) is 0. The molecular weight excluding hydrogens is 584 g/mol. The SMILES string of the molecule is C[C@@H]1C(O)[C@@H](OC2C(O)C(O[C@H]3O[C@H](CCC(=N)CN)CCC3N)[C@@H](N)C[C@H]2NC(=N)C(O)C(O)C(O)CO)OCC1(C)O. The molecule has 15 atom stereocenters. The number of aliphatic hydroxyl groups excluding tert-OH is 6. The molecule has 44 heavy (non-hydrogen) atoms. The number of hydrogen-bond donors (Lipinski definition) is 13. The first-order valence-corrected chi connectivity index (χ1v) is 15.0. The Balaban J connectivity index is 1.79. The van der Waals surface area contributed by atoms with Crippen molar-refractivity contribution < 1.29 is 54.7 Å². The predicted octanol–water partition coefficient (Wildman–Crippen LogP) is -4.45. The molecule has 2 saturated heterocycles. The minimum Gasteiger partial charge on any atom is -0.394 e. The number of ether oxygens (including phenoxy) is 4. The van der Waals surface area contributed by atoms with Gasteiger partial charge in [-0.3, -0.25) is 5.41 Å². The van der Waals surface area contributed by atoms with Gasteiger partial charge in [-0.1, -0.05) is 6.92 Å². The molecule has 0 spiro atoms. The topological polar surface area (TPSA) is 316 Å². The molecule has 0 bridgehead atoms. The van der Waals surface area contributed by atoms with E-state index < -0.39 is 97.4 Å². The Morgan fingerprint density at radius 2 is 1.70 bits per heavy atom. The van der Waals surface area contributed by atoms with Crippen molar-refractivity contribution in [3.8, 4) is 0 Å². The van der Waals surface area contributed by atoms with E-state index in [-0.39, 0.29) is 25.7 Å². The Morgan fingerprint density at radius 3 is 2.34 bits per heavy atom. The van der Waals surface area contributed by atoms with Crippen LogP contribution < -0.4 is 22.5 Å². The maximum atomic E-state index is 11.6. The molecule has 3 aliphatic rings. The van der Waals surface area contributed by atoms with E-state index in [1.165, 1.54) is 6.92 Å². The molecule has 2 heterocycles. The highest BCUT2D eigenvalue weighted by atomic mass is 16.7. The fourth-order valence-electron chi connectivity index (χ4n) is 5.68. The molecule has 16 N–H and O–H groups in total. The molecule has 2 aliphatic heterocycles. The molecule has 0 radical (unpaired) electrons. The highest BCUT2D eigenvalue weighted by molar-refractivity contribution is 5.84. The summed E-state index contributed by atoms with van der Waals surface area (Å²) in [5.41, 5.74) is 17.3. The van der Waals surface area contributed by atoms with Gasteiger partial charge in [0, 0.05) is 24.2 Å². The number of rotatable bonds is 13. The minimum atomic E-state index is -1.93. The fourth-order valence-corrected chi connectivity index (χ4v) is 5.68. The fraction of sp³-hybridized carbons (Fsp3) is 0.926. The van der Waals surface area contributed by atoms with E-state index in [9.17, 15) is 30.6 Å². The normalized spacial score (nSPS) is 41.9. The van der Waals surface area contributed by atoms with Crippen LogP contribution in [0.5, 0.6) is 0 Å². The molecule has 3 fully saturated rings. The van der Waals surface area contributed by atoms with Crippen LogP contribution in [0.4, 0.5) is 0 Å². The quantitative estimate of drug-likeness (QED) is 0.0670. The van der Waals surface area contributed by atoms with E-state index in [0.29, 0.717) is 31.4 Å². The van der Waals surface area contributed by atoms with Crippen molar-refractivity contribution in [3.05, 3.63) is 0 Å². The number of hydrogen-bond acceptors (Lipinski definition) is 16. The standard InChI is InChI=1S/C27H52N6O11/c1-11-18(36)26(41-10-27(11,2)40)44-23-16(33-24(32)20(38)19(37)17(35)9-34)7-15(31)22(21(23)39)43-25-14(30)6-5-13(42-25)4-3-12(29)8-28/h11,13-23,25-26,29,34-40H,3-10,28,30-31H2,1-2H3,(H2,32,33)/t11-,13-,14?,15+,16-,17?,18?,19?,20?,21?,22?,23?,25-,26-,27?/m1/s1. The Hall–Kier alpha value is -1.42. The Kier molecular flexibility index (Phi) is 13.4. The first-order valence-electron chi connectivity index (χ1n) is 15.0. The van der Waals surface area contributed by atoms with Gasteiger partial charge < -0.3 is 82.6 Å². The number of aliphatic hydroxyl groups is 7. The van der Waals surface area contributed by atoms with Crippen LogP contribution in [0.1, 0.15) is 46.0 Å². The summed E-state index contributed by atoms with van der Waals surface area (Å²) in [6, 6.07) is -2.41. The molecule has 17 heteroatoms. The van der Waals surface area contributed by atoms with Crippen molar-refractivity contribution in [2.45, 2.75) is 131 Å². The minimum absolute atomic E-state index is 0.00469. The third kappa shape index (κ3) is 8.89. The second-order valence-electron chi connectivity index (χ2n) is 12.5. The van der Waals surface area contributed by atoms with Crippen LogP contribution in [0.15, 0.2) is 0 Å². The zero-order chi connectivity index (χ0) is 32.9. The summed E-state index contributed by atoms with van der Waals surface area (Å²) in [6.07, 6.45) is -11.0. The lowest BCUT2D eigenvalue weighted by Gasteiger charge is -2.49. The summed E-state index contributed by atoms with van der Waals surface area (Å²) in [5, 5.41) is 91.1. The molecular formula is C27H52N6O11. The second kappa shape index (κ2) is 15.9. The van der Waals surface area contributed by atoms with Gasteiger partial charge in [0.15, 0.2) is 12.6 Å². The smallest absolute Gasteiger partial charge is 0.184 e. The van der Waals surface area contributed by atoms with Crippen LogP contribution >= 0.6 is 0 Å². The van der Waals surface area contributed by atoms with Crippen molar-refractivity contribution >= 4 is 11.5 Å². The van der Waals surface area contributed by atoms with Gasteiger partial charge >= 0.3 is 0 Å². The predicted molar refractivity (Wildman–Crippen MR) is 156 cm³/mol. The van der Waals surface area contributed by atoms with Crippen LogP contribution in [0.25, 0.3) is 0 Å². The van der Waals surface area contributed by atoms with Gasteiger partial charge in [0.25, 0.3) is 0 Å². The summed E-state index contributed by atoms with van der Waals surface area (Å²) >= 11 is 0. The Bertz CT molecular complexity index is 950.